The number of urea groups is 1. The Labute approximate surface area is 148 Å². The number of amides is 2. The van der Waals surface area contributed by atoms with Gasteiger partial charge in [-0.1, -0.05) is 6.07 Å². The van der Waals surface area contributed by atoms with E-state index in [-0.39, 0.29) is 12.1 Å². The smallest absolute Gasteiger partial charge is 0.315 e. The van der Waals surface area contributed by atoms with Gasteiger partial charge >= 0.3 is 6.03 Å². The number of aryl methyl sites for hydroxylation is 1. The fraction of sp³-hybridized carbons (Fsp3) is 0.444. The highest BCUT2D eigenvalue weighted by Gasteiger charge is 2.21. The van der Waals surface area contributed by atoms with Crippen LogP contribution in [0.4, 0.5) is 10.5 Å². The lowest BCUT2D eigenvalue weighted by atomic mass is 10.0. The van der Waals surface area contributed by atoms with Gasteiger partial charge in [0.1, 0.15) is 5.75 Å². The summed E-state index contributed by atoms with van der Waals surface area (Å²) in [5.41, 5.74) is 1.97. The quantitative estimate of drug-likeness (QED) is 0.870. The predicted octanol–water partition coefficient (Wildman–Crippen LogP) is 1.90. The molecule has 1 atom stereocenters. The molecule has 0 radical (unpaired) electrons. The number of methoxy groups -OCH3 is 1. The van der Waals surface area contributed by atoms with Gasteiger partial charge < -0.3 is 24.8 Å². The van der Waals surface area contributed by atoms with E-state index >= 15 is 0 Å². The van der Waals surface area contributed by atoms with Gasteiger partial charge in [-0.3, -0.25) is 0 Å². The molecule has 1 aromatic carbocycles. The van der Waals surface area contributed by atoms with Crippen LogP contribution in [0.5, 0.6) is 5.75 Å². The predicted molar refractivity (Wildman–Crippen MR) is 96.8 cm³/mol. The van der Waals surface area contributed by atoms with Crippen LogP contribution in [-0.2, 0) is 13.6 Å². The molecule has 0 saturated carbocycles. The van der Waals surface area contributed by atoms with Crippen molar-refractivity contribution in [3.05, 3.63) is 42.5 Å². The Kier molecular flexibility index (Phi) is 5.42. The van der Waals surface area contributed by atoms with Gasteiger partial charge in [0.15, 0.2) is 0 Å². The Morgan fingerprint density at radius 2 is 2.32 bits per heavy atom. The van der Waals surface area contributed by atoms with Crippen molar-refractivity contribution in [3.63, 3.8) is 0 Å². The molecule has 7 heteroatoms. The number of piperidine rings is 1. The number of anilines is 1. The molecule has 2 heterocycles. The van der Waals surface area contributed by atoms with Crippen molar-refractivity contribution in [3.8, 4) is 5.75 Å². The molecule has 0 aliphatic carbocycles. The number of benzene rings is 1. The van der Waals surface area contributed by atoms with E-state index in [9.17, 15) is 4.79 Å². The number of aromatic nitrogens is 2. The van der Waals surface area contributed by atoms with E-state index in [0.29, 0.717) is 6.54 Å². The van der Waals surface area contributed by atoms with Gasteiger partial charge in [-0.2, -0.15) is 0 Å². The zero-order valence-corrected chi connectivity index (χ0v) is 14.7. The monoisotopic (exact) mass is 343 g/mol. The first-order valence-electron chi connectivity index (χ1n) is 8.54. The van der Waals surface area contributed by atoms with E-state index in [2.05, 4.69) is 26.6 Å². The number of carbonyl (C=O) groups is 1. The van der Waals surface area contributed by atoms with E-state index in [1.54, 1.807) is 13.4 Å². The summed E-state index contributed by atoms with van der Waals surface area (Å²) in [6, 6.07) is 8.01. The van der Waals surface area contributed by atoms with Crippen molar-refractivity contribution in [1.82, 2.24) is 20.2 Å². The number of ether oxygens (including phenoxy) is 1. The summed E-state index contributed by atoms with van der Waals surface area (Å²) in [5, 5.41) is 5.93. The second kappa shape index (κ2) is 7.92. The number of hydrogen-bond donors (Lipinski definition) is 2. The summed E-state index contributed by atoms with van der Waals surface area (Å²) >= 11 is 0. The van der Waals surface area contributed by atoms with Crippen molar-refractivity contribution in [2.75, 3.05) is 25.1 Å². The Bertz CT molecular complexity index is 715. The Morgan fingerprint density at radius 1 is 1.44 bits per heavy atom. The zero-order chi connectivity index (χ0) is 17.6. The molecule has 1 unspecified atom stereocenters. The maximum Gasteiger partial charge on any atom is 0.315 e. The molecular formula is C18H25N5O2. The summed E-state index contributed by atoms with van der Waals surface area (Å²) in [4.78, 5) is 18.6. The number of nitrogens with zero attached hydrogens (tertiary/aromatic N) is 3. The van der Waals surface area contributed by atoms with Crippen LogP contribution in [0.3, 0.4) is 0 Å². The highest BCUT2D eigenvalue weighted by Crippen LogP contribution is 2.24. The standard InChI is InChI=1S/C18H25N5O2/c1-22-11-15(20-13-22)10-19-18(24)21-14-5-4-8-23(12-14)16-6-3-7-17(9-16)25-2/h3,6-7,9,11,13-14H,4-5,8,10,12H2,1-2H3,(H2,19,21,24). The van der Waals surface area contributed by atoms with E-state index in [4.69, 9.17) is 4.74 Å². The lowest BCUT2D eigenvalue weighted by molar-refractivity contribution is 0.234. The molecule has 1 fully saturated rings. The molecule has 134 valence electrons. The number of nitrogens with one attached hydrogen (secondary N) is 2. The van der Waals surface area contributed by atoms with E-state index in [1.165, 1.54) is 0 Å². The first-order chi connectivity index (χ1) is 12.1. The van der Waals surface area contributed by atoms with Crippen LogP contribution in [0, 0.1) is 0 Å². The molecule has 25 heavy (non-hydrogen) atoms. The Balaban J connectivity index is 1.51. The third-order valence-electron chi connectivity index (χ3n) is 4.36. The summed E-state index contributed by atoms with van der Waals surface area (Å²) in [7, 11) is 3.58. The average Bonchev–Trinajstić information content (AvgIpc) is 3.06. The fourth-order valence-corrected chi connectivity index (χ4v) is 3.10. The molecule has 1 aliphatic heterocycles. The van der Waals surface area contributed by atoms with Crippen LogP contribution >= 0.6 is 0 Å². The van der Waals surface area contributed by atoms with Crippen LogP contribution in [0.15, 0.2) is 36.8 Å². The molecule has 3 rings (SSSR count). The third kappa shape index (κ3) is 4.65. The zero-order valence-electron chi connectivity index (χ0n) is 14.7. The topological polar surface area (TPSA) is 71.4 Å². The molecule has 2 amide bonds. The molecule has 7 nitrogen and oxygen atoms in total. The summed E-state index contributed by atoms with van der Waals surface area (Å²) in [5.74, 6) is 0.848. The molecule has 0 spiro atoms. The largest absolute Gasteiger partial charge is 0.497 e. The molecule has 2 N–H and O–H groups in total. The number of carbonyl (C=O) groups excluding carboxylic acids is 1. The van der Waals surface area contributed by atoms with Gasteiger partial charge in [-0.15, -0.1) is 0 Å². The van der Waals surface area contributed by atoms with Crippen molar-refractivity contribution < 1.29 is 9.53 Å². The van der Waals surface area contributed by atoms with Crippen LogP contribution in [0.1, 0.15) is 18.5 Å². The SMILES string of the molecule is COc1cccc(N2CCCC(NC(=O)NCc3cn(C)cn3)C2)c1. The Hall–Kier alpha value is -2.70. The maximum absolute atomic E-state index is 12.1. The van der Waals surface area contributed by atoms with Gasteiger partial charge in [0, 0.05) is 44.1 Å². The van der Waals surface area contributed by atoms with Crippen LogP contribution < -0.4 is 20.3 Å². The molecular weight excluding hydrogens is 318 g/mol. The Morgan fingerprint density at radius 3 is 3.08 bits per heavy atom. The normalized spacial score (nSPS) is 17.2. The van der Waals surface area contributed by atoms with Crippen LogP contribution in [0.2, 0.25) is 0 Å². The van der Waals surface area contributed by atoms with Gasteiger partial charge in [-0.05, 0) is 25.0 Å². The minimum atomic E-state index is -0.150. The minimum absolute atomic E-state index is 0.128. The highest BCUT2D eigenvalue weighted by molar-refractivity contribution is 5.74. The van der Waals surface area contributed by atoms with Crippen LogP contribution in [-0.4, -0.2) is 41.8 Å². The van der Waals surface area contributed by atoms with Crippen molar-refractivity contribution >= 4 is 11.7 Å². The lowest BCUT2D eigenvalue weighted by Crippen LogP contribution is -2.50. The van der Waals surface area contributed by atoms with Crippen molar-refractivity contribution in [1.29, 1.82) is 0 Å². The second-order valence-corrected chi connectivity index (χ2v) is 6.34. The van der Waals surface area contributed by atoms with Gasteiger partial charge in [0.05, 0.1) is 25.7 Å². The van der Waals surface area contributed by atoms with Gasteiger partial charge in [0.25, 0.3) is 0 Å². The molecule has 1 saturated heterocycles. The average molecular weight is 343 g/mol. The number of imidazole rings is 1. The minimum Gasteiger partial charge on any atom is -0.497 e. The van der Waals surface area contributed by atoms with Crippen molar-refractivity contribution in [2.45, 2.75) is 25.4 Å². The first-order valence-corrected chi connectivity index (χ1v) is 8.54. The highest BCUT2D eigenvalue weighted by atomic mass is 16.5. The number of rotatable bonds is 5. The molecule has 2 aromatic rings. The van der Waals surface area contributed by atoms with Gasteiger partial charge in [-0.25, -0.2) is 9.78 Å². The van der Waals surface area contributed by atoms with Crippen LogP contribution in [0.25, 0.3) is 0 Å². The van der Waals surface area contributed by atoms with Gasteiger partial charge in [0.2, 0.25) is 0 Å². The van der Waals surface area contributed by atoms with E-state index < -0.39 is 0 Å². The molecule has 1 aliphatic rings. The first kappa shape index (κ1) is 17.1. The lowest BCUT2D eigenvalue weighted by Gasteiger charge is -2.34. The summed E-state index contributed by atoms with van der Waals surface area (Å²) in [6.07, 6.45) is 5.65. The molecule has 0 bridgehead atoms. The third-order valence-corrected chi connectivity index (χ3v) is 4.36. The maximum atomic E-state index is 12.1. The van der Waals surface area contributed by atoms with E-state index in [0.717, 1.165) is 43.1 Å². The number of hydrogen-bond acceptors (Lipinski definition) is 4. The second-order valence-electron chi connectivity index (χ2n) is 6.34. The summed E-state index contributed by atoms with van der Waals surface area (Å²) in [6.45, 7) is 2.21. The van der Waals surface area contributed by atoms with E-state index in [1.807, 2.05) is 36.0 Å². The van der Waals surface area contributed by atoms with Crippen molar-refractivity contribution in [2.24, 2.45) is 7.05 Å². The summed E-state index contributed by atoms with van der Waals surface area (Å²) < 4.78 is 7.16. The fourth-order valence-electron chi connectivity index (χ4n) is 3.10. The molecule has 1 aromatic heterocycles.